The molecule has 2 rings (SSSR count). The van der Waals surface area contributed by atoms with Gasteiger partial charge in [-0.2, -0.15) is 0 Å². The van der Waals surface area contributed by atoms with Crippen LogP contribution in [0.25, 0.3) is 0 Å². The van der Waals surface area contributed by atoms with Gasteiger partial charge in [-0.05, 0) is 38.1 Å². The Morgan fingerprint density at radius 1 is 1.12 bits per heavy atom. The number of aliphatic hydroxyl groups excluding tert-OH is 2. The SMILES string of the molecule is NCCCC1CCC2(O)CC(O)C(O)CC12O. The van der Waals surface area contributed by atoms with Crippen molar-refractivity contribution in [2.24, 2.45) is 11.7 Å². The van der Waals surface area contributed by atoms with Gasteiger partial charge < -0.3 is 26.2 Å². The predicted molar refractivity (Wildman–Crippen MR) is 62.2 cm³/mol. The summed E-state index contributed by atoms with van der Waals surface area (Å²) < 4.78 is 0. The van der Waals surface area contributed by atoms with Gasteiger partial charge in [0.15, 0.2) is 0 Å². The van der Waals surface area contributed by atoms with Gasteiger partial charge >= 0.3 is 0 Å². The molecule has 2 saturated carbocycles. The van der Waals surface area contributed by atoms with Crippen LogP contribution in [-0.2, 0) is 0 Å². The van der Waals surface area contributed by atoms with Gasteiger partial charge in [0.25, 0.3) is 0 Å². The molecule has 100 valence electrons. The van der Waals surface area contributed by atoms with Gasteiger partial charge in [0.1, 0.15) is 0 Å². The maximum absolute atomic E-state index is 10.7. The van der Waals surface area contributed by atoms with Crippen LogP contribution in [0.5, 0.6) is 0 Å². The van der Waals surface area contributed by atoms with Gasteiger partial charge in [-0.3, -0.25) is 0 Å². The first-order chi connectivity index (χ1) is 7.93. The molecule has 0 bridgehead atoms. The minimum absolute atomic E-state index is 0.0294. The summed E-state index contributed by atoms with van der Waals surface area (Å²) in [6, 6.07) is 0. The summed E-state index contributed by atoms with van der Waals surface area (Å²) in [7, 11) is 0. The Hall–Kier alpha value is -0.200. The Morgan fingerprint density at radius 3 is 2.41 bits per heavy atom. The van der Waals surface area contributed by atoms with Crippen molar-refractivity contribution < 1.29 is 20.4 Å². The Kier molecular flexibility index (Phi) is 3.49. The summed E-state index contributed by atoms with van der Waals surface area (Å²) in [6.45, 7) is 0.566. The normalized spacial score (nSPS) is 50.3. The molecule has 0 saturated heterocycles. The molecular weight excluding hydrogens is 222 g/mol. The van der Waals surface area contributed by atoms with E-state index in [1.807, 2.05) is 0 Å². The van der Waals surface area contributed by atoms with Crippen LogP contribution in [0.2, 0.25) is 0 Å². The first-order valence-electron chi connectivity index (χ1n) is 6.44. The second-order valence-electron chi connectivity index (χ2n) is 5.67. The van der Waals surface area contributed by atoms with E-state index in [0.29, 0.717) is 13.0 Å². The summed E-state index contributed by atoms with van der Waals surface area (Å²) in [5.41, 5.74) is 2.96. The average molecular weight is 245 g/mol. The lowest BCUT2D eigenvalue weighted by atomic mass is 9.67. The highest BCUT2D eigenvalue weighted by Gasteiger charge is 2.62. The zero-order valence-corrected chi connectivity index (χ0v) is 10.0. The van der Waals surface area contributed by atoms with Crippen molar-refractivity contribution in [3.63, 3.8) is 0 Å². The average Bonchev–Trinajstić information content (AvgIpc) is 2.49. The summed E-state index contributed by atoms with van der Waals surface area (Å²) >= 11 is 0. The van der Waals surface area contributed by atoms with E-state index in [0.717, 1.165) is 19.3 Å². The molecule has 0 aromatic heterocycles. The molecule has 5 heteroatoms. The third-order valence-corrected chi connectivity index (χ3v) is 4.66. The molecule has 6 N–H and O–H groups in total. The van der Waals surface area contributed by atoms with E-state index >= 15 is 0 Å². The van der Waals surface area contributed by atoms with Crippen LogP contribution in [0, 0.1) is 5.92 Å². The molecule has 2 aliphatic carbocycles. The van der Waals surface area contributed by atoms with Crippen LogP contribution in [0.4, 0.5) is 0 Å². The fourth-order valence-electron chi connectivity index (χ4n) is 3.57. The summed E-state index contributed by atoms with van der Waals surface area (Å²) in [6.07, 6.45) is 1.02. The van der Waals surface area contributed by atoms with E-state index in [1.165, 1.54) is 0 Å². The quantitative estimate of drug-likeness (QED) is 0.443. The van der Waals surface area contributed by atoms with Crippen molar-refractivity contribution in [2.75, 3.05) is 6.54 Å². The Bertz CT molecular complexity index is 288. The van der Waals surface area contributed by atoms with Crippen molar-refractivity contribution in [1.82, 2.24) is 0 Å². The lowest BCUT2D eigenvalue weighted by Gasteiger charge is -2.48. The molecule has 5 unspecified atom stereocenters. The van der Waals surface area contributed by atoms with Crippen molar-refractivity contribution in [1.29, 1.82) is 0 Å². The van der Waals surface area contributed by atoms with E-state index in [1.54, 1.807) is 0 Å². The highest BCUT2D eigenvalue weighted by Crippen LogP contribution is 2.53. The number of fused-ring (bicyclic) bond motifs is 1. The van der Waals surface area contributed by atoms with Crippen LogP contribution in [0.3, 0.4) is 0 Å². The predicted octanol–water partition coefficient (Wildman–Crippen LogP) is -0.887. The number of hydrogen-bond acceptors (Lipinski definition) is 5. The topological polar surface area (TPSA) is 107 Å². The second-order valence-corrected chi connectivity index (χ2v) is 5.67. The fraction of sp³-hybridized carbons (Fsp3) is 1.00. The molecule has 0 spiro atoms. The van der Waals surface area contributed by atoms with Crippen LogP contribution >= 0.6 is 0 Å². The lowest BCUT2D eigenvalue weighted by molar-refractivity contribution is -0.220. The Morgan fingerprint density at radius 2 is 1.76 bits per heavy atom. The summed E-state index contributed by atoms with van der Waals surface area (Å²) in [5, 5.41) is 40.5. The maximum atomic E-state index is 10.7. The van der Waals surface area contributed by atoms with Crippen LogP contribution in [0.15, 0.2) is 0 Å². The van der Waals surface area contributed by atoms with E-state index in [-0.39, 0.29) is 18.8 Å². The van der Waals surface area contributed by atoms with E-state index in [9.17, 15) is 20.4 Å². The first kappa shape index (κ1) is 13.2. The third-order valence-electron chi connectivity index (χ3n) is 4.66. The fourth-order valence-corrected chi connectivity index (χ4v) is 3.57. The Labute approximate surface area is 101 Å². The lowest BCUT2D eigenvalue weighted by Crippen LogP contribution is -2.62. The highest BCUT2D eigenvalue weighted by molar-refractivity contribution is 5.14. The zero-order chi connectivity index (χ0) is 12.7. The molecule has 2 fully saturated rings. The largest absolute Gasteiger partial charge is 0.390 e. The van der Waals surface area contributed by atoms with Gasteiger partial charge in [0, 0.05) is 12.8 Å². The van der Waals surface area contributed by atoms with Crippen molar-refractivity contribution in [3.8, 4) is 0 Å². The third kappa shape index (κ3) is 2.00. The molecule has 0 heterocycles. The number of rotatable bonds is 3. The molecule has 2 aliphatic rings. The monoisotopic (exact) mass is 245 g/mol. The minimum atomic E-state index is -1.26. The van der Waals surface area contributed by atoms with E-state index < -0.39 is 23.4 Å². The molecule has 0 aliphatic heterocycles. The Balaban J connectivity index is 2.16. The zero-order valence-electron chi connectivity index (χ0n) is 10.0. The van der Waals surface area contributed by atoms with Crippen molar-refractivity contribution in [2.45, 2.75) is 61.9 Å². The van der Waals surface area contributed by atoms with E-state index in [4.69, 9.17) is 5.73 Å². The van der Waals surface area contributed by atoms with Gasteiger partial charge in [0.2, 0.25) is 0 Å². The number of nitrogens with two attached hydrogens (primary N) is 1. The molecule has 5 atom stereocenters. The highest BCUT2D eigenvalue weighted by atomic mass is 16.4. The minimum Gasteiger partial charge on any atom is -0.390 e. The molecule has 0 aromatic carbocycles. The number of hydrogen-bond donors (Lipinski definition) is 5. The van der Waals surface area contributed by atoms with Crippen LogP contribution in [0.1, 0.15) is 38.5 Å². The van der Waals surface area contributed by atoms with E-state index in [2.05, 4.69) is 0 Å². The first-order valence-corrected chi connectivity index (χ1v) is 6.44. The second kappa shape index (κ2) is 4.48. The van der Waals surface area contributed by atoms with Gasteiger partial charge in [-0.25, -0.2) is 0 Å². The molecular formula is C12H23NO4. The van der Waals surface area contributed by atoms with Gasteiger partial charge in [-0.1, -0.05) is 0 Å². The number of aliphatic hydroxyl groups is 4. The smallest absolute Gasteiger partial charge is 0.0987 e. The molecule has 0 aromatic rings. The van der Waals surface area contributed by atoms with Crippen molar-refractivity contribution >= 4 is 0 Å². The van der Waals surface area contributed by atoms with Crippen molar-refractivity contribution in [3.05, 3.63) is 0 Å². The standard InChI is InChI=1S/C12H23NO4/c13-5-1-2-8-3-4-11(16)6-9(14)10(15)7-12(8,11)17/h8-10,14-17H,1-7,13H2. The van der Waals surface area contributed by atoms with Gasteiger partial charge in [-0.15, -0.1) is 0 Å². The molecule has 5 nitrogen and oxygen atoms in total. The summed E-state index contributed by atoms with van der Waals surface area (Å²) in [4.78, 5) is 0. The van der Waals surface area contributed by atoms with Crippen LogP contribution in [-0.4, -0.2) is 50.4 Å². The maximum Gasteiger partial charge on any atom is 0.0987 e. The molecule has 0 amide bonds. The molecule has 0 radical (unpaired) electrons. The van der Waals surface area contributed by atoms with Gasteiger partial charge in [0.05, 0.1) is 23.4 Å². The molecule has 17 heavy (non-hydrogen) atoms. The van der Waals surface area contributed by atoms with Crippen LogP contribution < -0.4 is 5.73 Å². The summed E-state index contributed by atoms with van der Waals surface area (Å²) in [5.74, 6) is -0.0294.